The number of carbonyl (C=O) groups excluding carboxylic acids is 1. The number of anilines is 1. The first-order chi connectivity index (χ1) is 7.15. The van der Waals surface area contributed by atoms with E-state index in [-0.39, 0.29) is 10.9 Å². The first kappa shape index (κ1) is 10.1. The van der Waals surface area contributed by atoms with Gasteiger partial charge >= 0.3 is 0 Å². The highest BCUT2D eigenvalue weighted by Crippen LogP contribution is 2.42. The molecule has 6 heteroatoms. The van der Waals surface area contributed by atoms with Crippen molar-refractivity contribution >= 4 is 28.8 Å². The van der Waals surface area contributed by atoms with E-state index < -0.39 is 5.41 Å². The van der Waals surface area contributed by atoms with E-state index in [1.165, 1.54) is 0 Å². The number of amides is 1. The Labute approximate surface area is 92.4 Å². The topological polar surface area (TPSA) is 83.8 Å². The zero-order valence-corrected chi connectivity index (χ0v) is 8.93. The molecule has 5 nitrogen and oxygen atoms in total. The number of carbonyl (C=O) groups is 1. The smallest absolute Gasteiger partial charge is 0.237 e. The Morgan fingerprint density at radius 3 is 2.80 bits per heavy atom. The van der Waals surface area contributed by atoms with Crippen LogP contribution in [0.1, 0.15) is 19.3 Å². The predicted molar refractivity (Wildman–Crippen MR) is 60.3 cm³/mol. The lowest BCUT2D eigenvalue weighted by Gasteiger charge is -2.38. The van der Waals surface area contributed by atoms with Crippen LogP contribution >= 0.6 is 12.2 Å². The Kier molecular flexibility index (Phi) is 2.44. The number of rotatable bonds is 3. The van der Waals surface area contributed by atoms with E-state index in [1.807, 2.05) is 0 Å². The van der Waals surface area contributed by atoms with Crippen molar-refractivity contribution in [3.8, 4) is 0 Å². The van der Waals surface area contributed by atoms with Crippen LogP contribution in [-0.2, 0) is 4.79 Å². The van der Waals surface area contributed by atoms with Crippen LogP contribution in [0.3, 0.4) is 0 Å². The van der Waals surface area contributed by atoms with E-state index in [0.29, 0.717) is 5.69 Å². The molecule has 1 fully saturated rings. The highest BCUT2D eigenvalue weighted by molar-refractivity contribution is 7.80. The summed E-state index contributed by atoms with van der Waals surface area (Å²) in [7, 11) is 0. The van der Waals surface area contributed by atoms with E-state index in [9.17, 15) is 4.79 Å². The van der Waals surface area contributed by atoms with Gasteiger partial charge in [0.2, 0.25) is 5.91 Å². The van der Waals surface area contributed by atoms with Crippen LogP contribution in [-0.4, -0.2) is 21.1 Å². The van der Waals surface area contributed by atoms with Crippen molar-refractivity contribution in [3.05, 3.63) is 12.4 Å². The third-order valence-electron chi connectivity index (χ3n) is 2.87. The number of aromatic amines is 1. The van der Waals surface area contributed by atoms with E-state index in [1.54, 1.807) is 12.4 Å². The second-order valence-corrected chi connectivity index (χ2v) is 4.18. The van der Waals surface area contributed by atoms with Gasteiger partial charge in [-0.25, -0.2) is 0 Å². The Morgan fingerprint density at radius 2 is 2.40 bits per heavy atom. The van der Waals surface area contributed by atoms with Gasteiger partial charge in [-0.3, -0.25) is 9.89 Å². The van der Waals surface area contributed by atoms with E-state index >= 15 is 0 Å². The Balaban J connectivity index is 2.10. The third kappa shape index (κ3) is 1.61. The summed E-state index contributed by atoms with van der Waals surface area (Å²) in [6.07, 6.45) is 5.64. The molecule has 1 amide bonds. The van der Waals surface area contributed by atoms with Crippen LogP contribution in [0.2, 0.25) is 0 Å². The number of nitrogens with one attached hydrogen (secondary N) is 2. The molecule has 0 unspecified atom stereocenters. The predicted octanol–water partition coefficient (Wildman–Crippen LogP) is 0.805. The number of hydrogen-bond donors (Lipinski definition) is 3. The Bertz CT molecular complexity index is 383. The molecule has 0 spiro atoms. The van der Waals surface area contributed by atoms with Crippen LogP contribution in [0, 0.1) is 5.41 Å². The van der Waals surface area contributed by atoms with Crippen LogP contribution in [0.4, 0.5) is 5.69 Å². The van der Waals surface area contributed by atoms with Gasteiger partial charge in [-0.05, 0) is 12.8 Å². The van der Waals surface area contributed by atoms with Gasteiger partial charge in [-0.1, -0.05) is 18.6 Å². The molecule has 0 aromatic carbocycles. The molecule has 0 bridgehead atoms. The molecule has 1 aromatic heterocycles. The standard InChI is InChI=1S/C9H12N4OS/c10-7(15)9(2-1-3-9)8(14)13-6-4-11-12-5-6/h4-5H,1-3H2,(H2,10,15)(H,11,12)(H,13,14). The van der Waals surface area contributed by atoms with E-state index in [2.05, 4.69) is 15.5 Å². The number of H-pyrrole nitrogens is 1. The molecule has 1 saturated carbocycles. The molecule has 0 aliphatic heterocycles. The quantitative estimate of drug-likeness (QED) is 0.663. The van der Waals surface area contributed by atoms with Crippen molar-refractivity contribution in [2.75, 3.05) is 5.32 Å². The molecule has 0 atom stereocenters. The SMILES string of the molecule is NC(=S)C1(C(=O)Nc2cn[nH]c2)CCC1. The lowest BCUT2D eigenvalue weighted by Crippen LogP contribution is -2.50. The highest BCUT2D eigenvalue weighted by atomic mass is 32.1. The second-order valence-electron chi connectivity index (χ2n) is 3.74. The number of aromatic nitrogens is 2. The lowest BCUT2D eigenvalue weighted by molar-refractivity contribution is -0.125. The zero-order valence-electron chi connectivity index (χ0n) is 8.12. The molecular weight excluding hydrogens is 212 g/mol. The van der Waals surface area contributed by atoms with Gasteiger partial charge in [-0.15, -0.1) is 0 Å². The Hall–Kier alpha value is -1.43. The number of nitrogens with zero attached hydrogens (tertiary/aromatic N) is 1. The van der Waals surface area contributed by atoms with Gasteiger partial charge in [0.15, 0.2) is 0 Å². The van der Waals surface area contributed by atoms with Crippen molar-refractivity contribution in [3.63, 3.8) is 0 Å². The Morgan fingerprint density at radius 1 is 1.67 bits per heavy atom. The van der Waals surface area contributed by atoms with Gasteiger partial charge in [-0.2, -0.15) is 5.10 Å². The van der Waals surface area contributed by atoms with Gasteiger partial charge in [0.25, 0.3) is 0 Å². The fraction of sp³-hybridized carbons (Fsp3) is 0.444. The largest absolute Gasteiger partial charge is 0.392 e. The van der Waals surface area contributed by atoms with Crippen molar-refractivity contribution < 1.29 is 4.79 Å². The summed E-state index contributed by atoms with van der Waals surface area (Å²) in [5, 5.41) is 9.11. The van der Waals surface area contributed by atoms with Crippen LogP contribution in [0.15, 0.2) is 12.4 Å². The van der Waals surface area contributed by atoms with E-state index in [4.69, 9.17) is 18.0 Å². The second kappa shape index (κ2) is 3.62. The normalized spacial score (nSPS) is 17.9. The first-order valence-corrected chi connectivity index (χ1v) is 5.16. The monoisotopic (exact) mass is 224 g/mol. The molecule has 1 aromatic rings. The maximum atomic E-state index is 11.9. The summed E-state index contributed by atoms with van der Waals surface area (Å²) < 4.78 is 0. The molecule has 0 radical (unpaired) electrons. The fourth-order valence-corrected chi connectivity index (χ4v) is 1.98. The van der Waals surface area contributed by atoms with Gasteiger partial charge in [0, 0.05) is 6.20 Å². The molecule has 15 heavy (non-hydrogen) atoms. The fourth-order valence-electron chi connectivity index (χ4n) is 1.69. The van der Waals surface area contributed by atoms with Crippen LogP contribution < -0.4 is 11.1 Å². The minimum atomic E-state index is -0.632. The molecule has 1 aliphatic rings. The minimum absolute atomic E-state index is 0.123. The maximum Gasteiger partial charge on any atom is 0.237 e. The molecule has 1 aliphatic carbocycles. The number of hydrogen-bond acceptors (Lipinski definition) is 3. The van der Waals surface area contributed by atoms with Crippen molar-refractivity contribution in [2.24, 2.45) is 11.1 Å². The number of nitrogens with two attached hydrogens (primary N) is 1. The summed E-state index contributed by atoms with van der Waals surface area (Å²) in [6.45, 7) is 0. The summed E-state index contributed by atoms with van der Waals surface area (Å²) in [6, 6.07) is 0. The average Bonchev–Trinajstić information content (AvgIpc) is 2.53. The molecule has 0 saturated heterocycles. The summed E-state index contributed by atoms with van der Waals surface area (Å²) in [5.74, 6) is -0.123. The molecule has 2 rings (SSSR count). The summed E-state index contributed by atoms with van der Waals surface area (Å²) in [5.41, 5.74) is 5.62. The zero-order chi connectivity index (χ0) is 10.9. The summed E-state index contributed by atoms with van der Waals surface area (Å²) >= 11 is 4.95. The van der Waals surface area contributed by atoms with E-state index in [0.717, 1.165) is 19.3 Å². The molecule has 1 heterocycles. The average molecular weight is 224 g/mol. The number of thiocarbonyl (C=S) groups is 1. The molecule has 4 N–H and O–H groups in total. The first-order valence-electron chi connectivity index (χ1n) is 4.75. The van der Waals surface area contributed by atoms with Crippen molar-refractivity contribution in [1.82, 2.24) is 10.2 Å². The van der Waals surface area contributed by atoms with Crippen molar-refractivity contribution in [1.29, 1.82) is 0 Å². The van der Waals surface area contributed by atoms with Crippen molar-refractivity contribution in [2.45, 2.75) is 19.3 Å². The highest BCUT2D eigenvalue weighted by Gasteiger charge is 2.46. The van der Waals surface area contributed by atoms with Crippen LogP contribution in [0.25, 0.3) is 0 Å². The minimum Gasteiger partial charge on any atom is -0.392 e. The summed E-state index contributed by atoms with van der Waals surface area (Å²) in [4.78, 5) is 12.2. The third-order valence-corrected chi connectivity index (χ3v) is 3.26. The van der Waals surface area contributed by atoms with Gasteiger partial charge in [0.1, 0.15) is 0 Å². The molecule has 80 valence electrons. The lowest BCUT2D eigenvalue weighted by atomic mass is 9.68. The van der Waals surface area contributed by atoms with Crippen LogP contribution in [0.5, 0.6) is 0 Å². The molecular formula is C9H12N4OS. The maximum absolute atomic E-state index is 11.9. The van der Waals surface area contributed by atoms with Gasteiger partial charge in [0.05, 0.1) is 22.3 Å². The van der Waals surface area contributed by atoms with Gasteiger partial charge < -0.3 is 11.1 Å².